The summed E-state index contributed by atoms with van der Waals surface area (Å²) in [6, 6.07) is 0. The minimum absolute atomic E-state index is 0.00667. The molecule has 2 atom stereocenters. The van der Waals surface area contributed by atoms with Crippen molar-refractivity contribution in [1.29, 1.82) is 0 Å². The summed E-state index contributed by atoms with van der Waals surface area (Å²) in [5.41, 5.74) is 0. The number of aliphatic hydroxyl groups is 6. The fourth-order valence-electron chi connectivity index (χ4n) is 0.356. The van der Waals surface area contributed by atoms with Crippen LogP contribution >= 0.6 is 0 Å². The van der Waals surface area contributed by atoms with Crippen molar-refractivity contribution in [1.82, 2.24) is 0 Å². The summed E-state index contributed by atoms with van der Waals surface area (Å²) in [7, 11) is 0. The Kier molecular flexibility index (Phi) is 27.2. The molecule has 0 saturated carbocycles. The Balaban J connectivity index is -0.000000205. The average Bonchev–Trinajstić information content (AvgIpc) is 2.36. The molecule has 0 heterocycles. The fourth-order valence-corrected chi connectivity index (χ4v) is 0.356. The molecule has 0 aliphatic rings. The molecule has 0 amide bonds. The number of hydrogen-bond acceptors (Lipinski definition) is 7. The van der Waals surface area contributed by atoms with Crippen LogP contribution in [-0.2, 0) is 4.74 Å². The quantitative estimate of drug-likeness (QED) is 0.316. The van der Waals surface area contributed by atoms with Crippen LogP contribution in [-0.4, -0.2) is 82.5 Å². The van der Waals surface area contributed by atoms with E-state index in [1.54, 1.807) is 13.8 Å². The van der Waals surface area contributed by atoms with Gasteiger partial charge in [-0.1, -0.05) is 0 Å². The first-order valence-corrected chi connectivity index (χ1v) is 5.33. The molecule has 17 heavy (non-hydrogen) atoms. The first kappa shape index (κ1) is 21.9. The van der Waals surface area contributed by atoms with Crippen LogP contribution in [0.25, 0.3) is 0 Å². The van der Waals surface area contributed by atoms with E-state index in [4.69, 9.17) is 35.4 Å². The van der Waals surface area contributed by atoms with Gasteiger partial charge in [0.15, 0.2) is 0 Å². The van der Waals surface area contributed by atoms with Gasteiger partial charge in [0.25, 0.3) is 0 Å². The van der Waals surface area contributed by atoms with Gasteiger partial charge in [-0.25, -0.2) is 0 Å². The molecule has 2 unspecified atom stereocenters. The largest absolute Gasteiger partial charge is 0.394 e. The van der Waals surface area contributed by atoms with Gasteiger partial charge in [-0.15, -0.1) is 0 Å². The third-order valence-electron chi connectivity index (χ3n) is 1.08. The van der Waals surface area contributed by atoms with Crippen molar-refractivity contribution >= 4 is 0 Å². The summed E-state index contributed by atoms with van der Waals surface area (Å²) in [6.45, 7) is 3.20. The van der Waals surface area contributed by atoms with E-state index in [2.05, 4.69) is 0 Å². The Bertz CT molecular complexity index is 103. The number of aliphatic hydroxyl groups excluding tert-OH is 6. The van der Waals surface area contributed by atoms with Crippen LogP contribution in [0.1, 0.15) is 13.8 Å². The van der Waals surface area contributed by atoms with Gasteiger partial charge in [-0.05, 0) is 13.8 Å². The second kappa shape index (κ2) is 21.1. The molecule has 0 radical (unpaired) electrons. The maximum atomic E-state index is 8.69. The summed E-state index contributed by atoms with van der Waals surface area (Å²) in [6.07, 6.45) is -0.612. The number of hydrogen-bond donors (Lipinski definition) is 6. The van der Waals surface area contributed by atoms with E-state index in [0.717, 1.165) is 0 Å². The second-order valence-electron chi connectivity index (χ2n) is 3.07. The first-order chi connectivity index (χ1) is 7.99. The van der Waals surface area contributed by atoms with E-state index < -0.39 is 6.10 Å². The lowest BCUT2D eigenvalue weighted by Crippen LogP contribution is -2.19. The molecular weight excluding hydrogens is 232 g/mol. The number of rotatable bonds is 6. The van der Waals surface area contributed by atoms with E-state index >= 15 is 0 Å². The standard InChI is InChI=1S/C6H14O3.2C2H6O2/c1-5(8)4-9-6(2)3-7;2*3-1-2-4/h5-8H,3-4H2,1-2H3;2*3-4H,1-2H2. The van der Waals surface area contributed by atoms with Crippen LogP contribution < -0.4 is 0 Å². The Morgan fingerprint density at radius 1 is 0.824 bits per heavy atom. The molecule has 0 aliphatic carbocycles. The lowest BCUT2D eigenvalue weighted by Gasteiger charge is -2.10. The van der Waals surface area contributed by atoms with Gasteiger partial charge < -0.3 is 35.4 Å². The van der Waals surface area contributed by atoms with E-state index in [9.17, 15) is 0 Å². The molecular formula is C10H26O7. The third-order valence-corrected chi connectivity index (χ3v) is 1.08. The second-order valence-corrected chi connectivity index (χ2v) is 3.07. The van der Waals surface area contributed by atoms with Gasteiger partial charge in [0, 0.05) is 0 Å². The average molecular weight is 258 g/mol. The summed E-state index contributed by atoms with van der Waals surface area (Å²) in [4.78, 5) is 0. The van der Waals surface area contributed by atoms with E-state index in [1.165, 1.54) is 0 Å². The smallest absolute Gasteiger partial charge is 0.0779 e. The lowest BCUT2D eigenvalue weighted by atomic mass is 10.4. The Morgan fingerprint density at radius 2 is 1.18 bits per heavy atom. The third kappa shape index (κ3) is 38.9. The molecule has 108 valence electrons. The Morgan fingerprint density at radius 3 is 1.35 bits per heavy atom. The molecule has 0 saturated heterocycles. The van der Waals surface area contributed by atoms with Crippen LogP contribution in [0, 0.1) is 0 Å². The van der Waals surface area contributed by atoms with Gasteiger partial charge >= 0.3 is 0 Å². The lowest BCUT2D eigenvalue weighted by molar-refractivity contribution is -0.0177. The minimum atomic E-state index is -0.445. The van der Waals surface area contributed by atoms with Crippen LogP contribution in [0.4, 0.5) is 0 Å². The Hall–Kier alpha value is -0.280. The van der Waals surface area contributed by atoms with Gasteiger partial charge in [-0.3, -0.25) is 0 Å². The van der Waals surface area contributed by atoms with Crippen molar-refractivity contribution in [2.75, 3.05) is 39.6 Å². The molecule has 0 aromatic carbocycles. The molecule has 0 aromatic heterocycles. The highest BCUT2D eigenvalue weighted by Gasteiger charge is 2.00. The monoisotopic (exact) mass is 258 g/mol. The van der Waals surface area contributed by atoms with Gasteiger partial charge in [0.05, 0.1) is 51.8 Å². The summed E-state index contributed by atoms with van der Waals surface area (Å²) < 4.78 is 4.95. The van der Waals surface area contributed by atoms with Crippen LogP contribution in [0.15, 0.2) is 0 Å². The van der Waals surface area contributed by atoms with Crippen LogP contribution in [0.5, 0.6) is 0 Å². The predicted molar refractivity (Wildman–Crippen MR) is 62.5 cm³/mol. The van der Waals surface area contributed by atoms with Gasteiger partial charge in [0.1, 0.15) is 0 Å². The number of ether oxygens (including phenoxy) is 1. The maximum absolute atomic E-state index is 8.69. The van der Waals surface area contributed by atoms with Crippen LogP contribution in [0.2, 0.25) is 0 Å². The fraction of sp³-hybridized carbons (Fsp3) is 1.00. The summed E-state index contributed by atoms with van der Waals surface area (Å²) in [5, 5.41) is 47.6. The zero-order chi connectivity index (χ0) is 14.1. The Labute approximate surface area is 102 Å². The molecule has 0 rings (SSSR count). The zero-order valence-corrected chi connectivity index (χ0v) is 10.5. The molecule has 6 N–H and O–H groups in total. The SMILES string of the molecule is CC(O)COC(C)CO.OCCO.OCCO. The molecule has 7 nitrogen and oxygen atoms in total. The van der Waals surface area contributed by atoms with Crippen molar-refractivity contribution in [3.8, 4) is 0 Å². The van der Waals surface area contributed by atoms with Crippen LogP contribution in [0.3, 0.4) is 0 Å². The zero-order valence-electron chi connectivity index (χ0n) is 10.5. The van der Waals surface area contributed by atoms with Crippen molar-refractivity contribution < 1.29 is 35.4 Å². The van der Waals surface area contributed by atoms with Gasteiger partial charge in [-0.2, -0.15) is 0 Å². The first-order valence-electron chi connectivity index (χ1n) is 5.33. The molecule has 7 heteroatoms. The summed E-state index contributed by atoms with van der Waals surface area (Å²) in [5.74, 6) is 0. The van der Waals surface area contributed by atoms with Crippen molar-refractivity contribution in [3.63, 3.8) is 0 Å². The molecule has 0 aliphatic heterocycles. The highest BCUT2D eigenvalue weighted by Crippen LogP contribution is 1.90. The van der Waals surface area contributed by atoms with E-state index in [-0.39, 0.29) is 39.1 Å². The highest BCUT2D eigenvalue weighted by atomic mass is 16.5. The van der Waals surface area contributed by atoms with Gasteiger partial charge in [0.2, 0.25) is 0 Å². The highest BCUT2D eigenvalue weighted by molar-refractivity contribution is 4.47. The topological polar surface area (TPSA) is 131 Å². The minimum Gasteiger partial charge on any atom is -0.394 e. The maximum Gasteiger partial charge on any atom is 0.0779 e. The predicted octanol–water partition coefficient (Wildman–Crippen LogP) is -2.29. The molecule has 0 spiro atoms. The molecule has 0 aromatic rings. The van der Waals surface area contributed by atoms with E-state index in [1.807, 2.05) is 0 Å². The molecule has 0 bridgehead atoms. The molecule has 0 fully saturated rings. The van der Waals surface area contributed by atoms with Crippen molar-refractivity contribution in [3.05, 3.63) is 0 Å². The van der Waals surface area contributed by atoms with Crippen molar-refractivity contribution in [2.45, 2.75) is 26.1 Å². The van der Waals surface area contributed by atoms with Crippen molar-refractivity contribution in [2.24, 2.45) is 0 Å². The van der Waals surface area contributed by atoms with E-state index in [0.29, 0.717) is 6.61 Å². The normalized spacial score (nSPS) is 12.7. The summed E-state index contributed by atoms with van der Waals surface area (Å²) >= 11 is 0.